The predicted molar refractivity (Wildman–Crippen MR) is 235 cm³/mol. The van der Waals surface area contributed by atoms with E-state index in [9.17, 15) is 18.5 Å². The lowest BCUT2D eigenvalue weighted by atomic mass is 9.72. The summed E-state index contributed by atoms with van der Waals surface area (Å²) in [6.07, 6.45) is 5.34. The molecule has 0 saturated carbocycles. The van der Waals surface area contributed by atoms with Gasteiger partial charge in [-0.3, -0.25) is 9.69 Å². The van der Waals surface area contributed by atoms with E-state index >= 15 is 4.39 Å². The van der Waals surface area contributed by atoms with Gasteiger partial charge in [-0.15, -0.1) is 0 Å². The molecule has 2 fully saturated rings. The van der Waals surface area contributed by atoms with Crippen LogP contribution in [0.3, 0.4) is 0 Å². The minimum Gasteiger partial charge on any atom is -0.489 e. The number of nitriles is 1. The minimum absolute atomic E-state index is 0.00665. The molecule has 318 valence electrons. The molecule has 1 amide bonds. The van der Waals surface area contributed by atoms with Gasteiger partial charge in [0.05, 0.1) is 16.0 Å². The van der Waals surface area contributed by atoms with Crippen LogP contribution in [0.1, 0.15) is 67.4 Å². The van der Waals surface area contributed by atoms with Crippen LogP contribution < -0.4 is 19.1 Å². The molecule has 8 rings (SSSR count). The summed E-state index contributed by atoms with van der Waals surface area (Å²) < 4.78 is 61.9. The molecule has 0 unspecified atom stereocenters. The normalized spacial score (nSPS) is 18.1. The van der Waals surface area contributed by atoms with Crippen molar-refractivity contribution in [1.29, 1.82) is 5.26 Å². The molecular weight excluding hydrogens is 817 g/mol. The number of amides is 1. The number of piperazine rings is 1. The van der Waals surface area contributed by atoms with Crippen molar-refractivity contribution in [1.82, 2.24) is 14.6 Å². The van der Waals surface area contributed by atoms with Crippen LogP contribution >= 0.6 is 11.6 Å². The van der Waals surface area contributed by atoms with Crippen LogP contribution in [-0.4, -0.2) is 82.4 Å². The Morgan fingerprint density at radius 3 is 2.48 bits per heavy atom. The van der Waals surface area contributed by atoms with E-state index in [1.165, 1.54) is 28.8 Å². The molecule has 2 saturated heterocycles. The highest BCUT2D eigenvalue weighted by Gasteiger charge is 2.34. The standard InChI is InChI=1S/C47H49ClFN5O6S/c1-46(2)15-13-34(41(28-46)32-3-5-36(48)6-4-32)30-53-19-21-54(22-20-53)37-7-10-40(44(27-37)60-38-8-11-42-33(25-38)14-18-51-42)45(55)52-61(56,57)39-9-12-43(35(26-39)29-50)59-31-47(49)16-23-58-24-17-47/h3-12,14,18,25-27,51H,13,15-17,19-24,28,30-31H2,1-2H3,(H,52,55). The highest BCUT2D eigenvalue weighted by Crippen LogP contribution is 2.43. The van der Waals surface area contributed by atoms with Crippen LogP contribution in [0.25, 0.3) is 16.5 Å². The van der Waals surface area contributed by atoms with Crippen molar-refractivity contribution in [3.63, 3.8) is 0 Å². The maximum Gasteiger partial charge on any atom is 0.268 e. The number of ether oxygens (including phenoxy) is 3. The zero-order valence-corrected chi connectivity index (χ0v) is 35.9. The van der Waals surface area contributed by atoms with Crippen molar-refractivity contribution < 1.29 is 31.8 Å². The molecule has 5 aromatic rings. The van der Waals surface area contributed by atoms with Gasteiger partial charge >= 0.3 is 0 Å². The quantitative estimate of drug-likeness (QED) is 0.126. The average molecular weight is 866 g/mol. The van der Waals surface area contributed by atoms with Gasteiger partial charge in [-0.25, -0.2) is 17.5 Å². The number of rotatable bonds is 12. The molecule has 4 aromatic carbocycles. The summed E-state index contributed by atoms with van der Waals surface area (Å²) in [6.45, 7) is 8.94. The SMILES string of the molecule is CC1(C)CCC(CN2CCN(c3ccc(C(=O)NS(=O)(=O)c4ccc(OCC5(F)CCOCC5)c(C#N)c4)c(Oc4ccc5[nH]ccc5c4)c3)CC2)=C(c2ccc(Cl)cc2)C1. The summed E-state index contributed by atoms with van der Waals surface area (Å²) >= 11 is 6.24. The molecule has 0 atom stereocenters. The number of aromatic amines is 1. The average Bonchev–Trinajstić information content (AvgIpc) is 3.72. The highest BCUT2D eigenvalue weighted by molar-refractivity contribution is 7.90. The fourth-order valence-electron chi connectivity index (χ4n) is 8.31. The van der Waals surface area contributed by atoms with Gasteiger partial charge in [-0.1, -0.05) is 43.2 Å². The van der Waals surface area contributed by atoms with Crippen molar-refractivity contribution in [2.75, 3.05) is 57.4 Å². The Bertz CT molecular complexity index is 2610. The van der Waals surface area contributed by atoms with E-state index in [-0.39, 0.29) is 65.6 Å². The first-order valence-electron chi connectivity index (χ1n) is 20.6. The molecule has 3 heterocycles. The van der Waals surface area contributed by atoms with Crippen LogP contribution in [0, 0.1) is 16.7 Å². The molecule has 2 N–H and O–H groups in total. The molecule has 1 aliphatic carbocycles. The third-order valence-corrected chi connectivity index (χ3v) is 13.6. The van der Waals surface area contributed by atoms with Gasteiger partial charge in [-0.2, -0.15) is 5.26 Å². The number of aromatic nitrogens is 1. The lowest BCUT2D eigenvalue weighted by Gasteiger charge is -2.39. The second-order valence-electron chi connectivity index (χ2n) is 17.0. The number of anilines is 1. The third-order valence-electron chi connectivity index (χ3n) is 12.0. The van der Waals surface area contributed by atoms with E-state index in [1.54, 1.807) is 24.3 Å². The zero-order chi connectivity index (χ0) is 42.8. The number of benzene rings is 4. The van der Waals surface area contributed by atoms with Crippen LogP contribution in [-0.2, 0) is 14.8 Å². The first-order chi connectivity index (χ1) is 29.3. The predicted octanol–water partition coefficient (Wildman–Crippen LogP) is 9.29. The lowest BCUT2D eigenvalue weighted by molar-refractivity contribution is -0.0324. The van der Waals surface area contributed by atoms with Gasteiger partial charge in [0.2, 0.25) is 0 Å². The van der Waals surface area contributed by atoms with Crippen LogP contribution in [0.4, 0.5) is 10.1 Å². The number of allylic oxidation sites excluding steroid dienone is 1. The maximum atomic E-state index is 15.2. The second kappa shape index (κ2) is 17.5. The van der Waals surface area contributed by atoms with Crippen LogP contribution in [0.2, 0.25) is 5.02 Å². The summed E-state index contributed by atoms with van der Waals surface area (Å²) in [5.41, 5.74) is 4.39. The van der Waals surface area contributed by atoms with E-state index in [4.69, 9.17) is 25.8 Å². The van der Waals surface area contributed by atoms with Gasteiger partial charge in [-0.05, 0) is 103 Å². The molecular formula is C47H49ClFN5O6S. The molecule has 0 spiro atoms. The molecule has 0 bridgehead atoms. The Morgan fingerprint density at radius 1 is 0.951 bits per heavy atom. The van der Waals surface area contributed by atoms with E-state index in [0.29, 0.717) is 5.75 Å². The molecule has 0 radical (unpaired) electrons. The third kappa shape index (κ3) is 9.89. The fourth-order valence-corrected chi connectivity index (χ4v) is 9.43. The molecule has 61 heavy (non-hydrogen) atoms. The van der Waals surface area contributed by atoms with E-state index in [2.05, 4.69) is 45.5 Å². The van der Waals surface area contributed by atoms with Crippen molar-refractivity contribution >= 4 is 49.7 Å². The smallest absolute Gasteiger partial charge is 0.268 e. The van der Waals surface area contributed by atoms with Gasteiger partial charge in [0.25, 0.3) is 15.9 Å². The number of alkyl halides is 1. The van der Waals surface area contributed by atoms with Gasteiger partial charge in [0.1, 0.15) is 35.6 Å². The largest absolute Gasteiger partial charge is 0.489 e. The Labute approximate surface area is 361 Å². The van der Waals surface area contributed by atoms with Crippen molar-refractivity contribution in [3.8, 4) is 23.3 Å². The molecule has 1 aromatic heterocycles. The lowest BCUT2D eigenvalue weighted by Crippen LogP contribution is -2.47. The summed E-state index contributed by atoms with van der Waals surface area (Å²) in [4.78, 5) is 21.5. The molecule has 11 nitrogen and oxygen atoms in total. The number of carbonyl (C=O) groups excluding carboxylic acids is 1. The first-order valence-corrected chi connectivity index (χ1v) is 22.5. The summed E-state index contributed by atoms with van der Waals surface area (Å²) in [6, 6.07) is 26.3. The summed E-state index contributed by atoms with van der Waals surface area (Å²) in [7, 11) is -4.48. The van der Waals surface area contributed by atoms with Crippen molar-refractivity contribution in [3.05, 3.63) is 118 Å². The van der Waals surface area contributed by atoms with E-state index in [1.807, 2.05) is 42.6 Å². The number of carbonyl (C=O) groups is 1. The Morgan fingerprint density at radius 2 is 1.72 bits per heavy atom. The fraction of sp³-hybridized carbons (Fsp3) is 0.362. The number of hydrogen-bond acceptors (Lipinski definition) is 9. The minimum atomic E-state index is -4.48. The monoisotopic (exact) mass is 865 g/mol. The number of sulfonamides is 1. The molecule has 2 aliphatic heterocycles. The number of H-pyrrole nitrogens is 1. The van der Waals surface area contributed by atoms with Crippen molar-refractivity contribution in [2.45, 2.75) is 56.5 Å². The number of halogens is 2. The Hall–Kier alpha value is -5.39. The summed E-state index contributed by atoms with van der Waals surface area (Å²) in [5, 5.41) is 11.5. The Balaban J connectivity index is 0.997. The summed E-state index contributed by atoms with van der Waals surface area (Å²) in [5.74, 6) is -0.218. The van der Waals surface area contributed by atoms with Crippen LogP contribution in [0.15, 0.2) is 102 Å². The number of nitrogens with one attached hydrogen (secondary N) is 2. The number of fused-ring (bicyclic) bond motifs is 1. The molecule has 14 heteroatoms. The van der Waals surface area contributed by atoms with Gasteiger partial charge < -0.3 is 24.1 Å². The first kappa shape index (κ1) is 42.3. The van der Waals surface area contributed by atoms with Crippen molar-refractivity contribution in [2.24, 2.45) is 5.41 Å². The van der Waals surface area contributed by atoms with Crippen LogP contribution in [0.5, 0.6) is 17.2 Å². The van der Waals surface area contributed by atoms with E-state index < -0.39 is 21.6 Å². The second-order valence-corrected chi connectivity index (χ2v) is 19.1. The Kier molecular flexibility index (Phi) is 12.2. The zero-order valence-electron chi connectivity index (χ0n) is 34.3. The van der Waals surface area contributed by atoms with Gasteiger partial charge in [0, 0.05) is 92.7 Å². The maximum absolute atomic E-state index is 15.2. The number of hydrogen-bond donors (Lipinski definition) is 2. The highest BCUT2D eigenvalue weighted by atomic mass is 35.5. The molecule has 3 aliphatic rings. The number of nitrogens with zero attached hydrogens (tertiary/aromatic N) is 3. The topological polar surface area (TPSA) is 137 Å². The van der Waals surface area contributed by atoms with E-state index in [0.717, 1.165) is 79.7 Å². The van der Waals surface area contributed by atoms with Gasteiger partial charge in [0.15, 0.2) is 0 Å².